The highest BCUT2D eigenvalue weighted by Crippen LogP contribution is 2.22. The number of ether oxygens (including phenoxy) is 1. The molecule has 0 amide bonds. The van der Waals surface area contributed by atoms with Crippen LogP contribution in [-0.4, -0.2) is 25.7 Å². The number of carbonyl (C=O) groups excluding carboxylic acids is 1. The van der Waals surface area contributed by atoms with Gasteiger partial charge in [0.1, 0.15) is 6.04 Å². The van der Waals surface area contributed by atoms with Crippen LogP contribution in [0.1, 0.15) is 52.4 Å². The molecule has 0 spiro atoms. The molecule has 0 aromatic heterocycles. The molecule has 0 aliphatic heterocycles. The van der Waals surface area contributed by atoms with Crippen LogP contribution in [0.15, 0.2) is 0 Å². The second kappa shape index (κ2) is 7.70. The van der Waals surface area contributed by atoms with Crippen molar-refractivity contribution < 1.29 is 9.53 Å². The fraction of sp³-hybridized carbons (Fsp3) is 0.929. The summed E-state index contributed by atoms with van der Waals surface area (Å²) >= 11 is 0. The summed E-state index contributed by atoms with van der Waals surface area (Å²) in [5.41, 5.74) is 0. The molecule has 0 heterocycles. The Morgan fingerprint density at radius 1 is 1.24 bits per heavy atom. The van der Waals surface area contributed by atoms with Gasteiger partial charge in [-0.15, -0.1) is 0 Å². The summed E-state index contributed by atoms with van der Waals surface area (Å²) in [7, 11) is 1.46. The van der Waals surface area contributed by atoms with E-state index in [4.69, 9.17) is 4.74 Å². The van der Waals surface area contributed by atoms with E-state index < -0.39 is 0 Å². The highest BCUT2D eigenvalue weighted by molar-refractivity contribution is 5.75. The average Bonchev–Trinajstić information content (AvgIpc) is 2.57. The van der Waals surface area contributed by atoms with Gasteiger partial charge in [-0.05, 0) is 31.2 Å². The van der Waals surface area contributed by atoms with Gasteiger partial charge in [-0.3, -0.25) is 4.79 Å². The normalized spacial score (nSPS) is 20.0. The van der Waals surface area contributed by atoms with Crippen LogP contribution in [0.3, 0.4) is 0 Å². The van der Waals surface area contributed by atoms with Gasteiger partial charge in [-0.1, -0.05) is 39.5 Å². The molecule has 17 heavy (non-hydrogen) atoms. The zero-order chi connectivity index (χ0) is 12.7. The largest absolute Gasteiger partial charge is 0.468 e. The molecule has 0 saturated heterocycles. The molecule has 1 rings (SSSR count). The SMILES string of the molecule is COC(=O)C(NCC1CCCCCC1)C(C)C. The molecule has 1 atom stereocenters. The van der Waals surface area contributed by atoms with Gasteiger partial charge in [-0.2, -0.15) is 0 Å². The second-order valence-corrected chi connectivity index (χ2v) is 5.51. The van der Waals surface area contributed by atoms with Crippen molar-refractivity contribution in [3.8, 4) is 0 Å². The Bertz CT molecular complexity index is 220. The molecule has 3 heteroatoms. The van der Waals surface area contributed by atoms with E-state index in [9.17, 15) is 4.79 Å². The molecular weight excluding hydrogens is 214 g/mol. The van der Waals surface area contributed by atoms with Crippen molar-refractivity contribution in [2.75, 3.05) is 13.7 Å². The van der Waals surface area contributed by atoms with Gasteiger partial charge in [0.05, 0.1) is 7.11 Å². The standard InChI is InChI=1S/C14H27NO2/c1-11(2)13(14(16)17-3)15-10-12-8-6-4-5-7-9-12/h11-13,15H,4-10H2,1-3H3. The zero-order valence-corrected chi connectivity index (χ0v) is 11.5. The number of nitrogens with one attached hydrogen (secondary N) is 1. The number of methoxy groups -OCH3 is 1. The van der Waals surface area contributed by atoms with Gasteiger partial charge in [0, 0.05) is 0 Å². The van der Waals surface area contributed by atoms with Gasteiger partial charge < -0.3 is 10.1 Å². The molecular formula is C14H27NO2. The minimum Gasteiger partial charge on any atom is -0.468 e. The van der Waals surface area contributed by atoms with E-state index in [0.29, 0.717) is 0 Å². The molecule has 1 aliphatic rings. The van der Waals surface area contributed by atoms with Crippen molar-refractivity contribution in [3.63, 3.8) is 0 Å². The lowest BCUT2D eigenvalue weighted by atomic mass is 9.98. The molecule has 100 valence electrons. The quantitative estimate of drug-likeness (QED) is 0.594. The summed E-state index contributed by atoms with van der Waals surface area (Å²) in [6.07, 6.45) is 8.05. The maximum absolute atomic E-state index is 11.6. The smallest absolute Gasteiger partial charge is 0.323 e. The Kier molecular flexibility index (Phi) is 6.56. The van der Waals surface area contributed by atoms with Gasteiger partial charge in [0.2, 0.25) is 0 Å². The maximum Gasteiger partial charge on any atom is 0.323 e. The van der Waals surface area contributed by atoms with Crippen molar-refractivity contribution >= 4 is 5.97 Å². The lowest BCUT2D eigenvalue weighted by Gasteiger charge is -2.23. The first-order valence-electron chi connectivity index (χ1n) is 6.96. The summed E-state index contributed by atoms with van der Waals surface area (Å²) < 4.78 is 4.84. The monoisotopic (exact) mass is 241 g/mol. The van der Waals surface area contributed by atoms with Crippen molar-refractivity contribution in [1.29, 1.82) is 0 Å². The lowest BCUT2D eigenvalue weighted by molar-refractivity contribution is -0.144. The summed E-state index contributed by atoms with van der Waals surface area (Å²) in [6, 6.07) is -0.150. The summed E-state index contributed by atoms with van der Waals surface area (Å²) in [6.45, 7) is 5.07. The summed E-state index contributed by atoms with van der Waals surface area (Å²) in [4.78, 5) is 11.6. The second-order valence-electron chi connectivity index (χ2n) is 5.51. The van der Waals surface area contributed by atoms with Crippen LogP contribution >= 0.6 is 0 Å². The third kappa shape index (κ3) is 5.07. The first-order chi connectivity index (χ1) is 8.15. The maximum atomic E-state index is 11.6. The first kappa shape index (κ1) is 14.5. The van der Waals surface area contributed by atoms with Crippen LogP contribution in [0.25, 0.3) is 0 Å². The highest BCUT2D eigenvalue weighted by atomic mass is 16.5. The van der Waals surface area contributed by atoms with E-state index in [1.54, 1.807) is 0 Å². The molecule has 0 aromatic carbocycles. The Morgan fingerprint density at radius 3 is 2.29 bits per heavy atom. The number of hydrogen-bond acceptors (Lipinski definition) is 3. The minimum absolute atomic E-state index is 0.131. The van der Waals surface area contributed by atoms with Crippen LogP contribution in [-0.2, 0) is 9.53 Å². The van der Waals surface area contributed by atoms with Crippen molar-refractivity contribution in [3.05, 3.63) is 0 Å². The third-order valence-electron chi connectivity index (χ3n) is 3.72. The molecule has 1 saturated carbocycles. The minimum atomic E-state index is -0.150. The van der Waals surface area contributed by atoms with Crippen molar-refractivity contribution in [2.45, 2.75) is 58.4 Å². The molecule has 0 radical (unpaired) electrons. The van der Waals surface area contributed by atoms with E-state index in [-0.39, 0.29) is 17.9 Å². The number of carbonyl (C=O) groups is 1. The number of rotatable bonds is 5. The van der Waals surface area contributed by atoms with E-state index in [0.717, 1.165) is 12.5 Å². The predicted octanol–water partition coefficient (Wildman–Crippen LogP) is 2.74. The van der Waals surface area contributed by atoms with Crippen LogP contribution in [0.2, 0.25) is 0 Å². The Balaban J connectivity index is 2.37. The molecule has 1 fully saturated rings. The molecule has 1 N–H and O–H groups in total. The van der Waals surface area contributed by atoms with E-state index in [1.807, 2.05) is 0 Å². The summed E-state index contributed by atoms with van der Waals surface area (Å²) in [5, 5.41) is 3.39. The van der Waals surface area contributed by atoms with Crippen LogP contribution in [0, 0.1) is 11.8 Å². The number of hydrogen-bond donors (Lipinski definition) is 1. The van der Waals surface area contributed by atoms with Crippen LogP contribution in [0.4, 0.5) is 0 Å². The van der Waals surface area contributed by atoms with Gasteiger partial charge in [0.25, 0.3) is 0 Å². The fourth-order valence-corrected chi connectivity index (χ4v) is 2.58. The third-order valence-corrected chi connectivity index (χ3v) is 3.72. The Morgan fingerprint density at radius 2 is 1.82 bits per heavy atom. The Labute approximate surface area is 105 Å². The topological polar surface area (TPSA) is 38.3 Å². The van der Waals surface area contributed by atoms with E-state index in [2.05, 4.69) is 19.2 Å². The lowest BCUT2D eigenvalue weighted by Crippen LogP contribution is -2.43. The van der Waals surface area contributed by atoms with Crippen LogP contribution < -0.4 is 5.32 Å². The predicted molar refractivity (Wildman–Crippen MR) is 69.8 cm³/mol. The molecule has 3 nitrogen and oxygen atoms in total. The van der Waals surface area contributed by atoms with Crippen LogP contribution in [0.5, 0.6) is 0 Å². The van der Waals surface area contributed by atoms with Crippen molar-refractivity contribution in [2.24, 2.45) is 11.8 Å². The molecule has 1 unspecified atom stereocenters. The average molecular weight is 241 g/mol. The summed E-state index contributed by atoms with van der Waals surface area (Å²) in [5.74, 6) is 0.894. The van der Waals surface area contributed by atoms with E-state index in [1.165, 1.54) is 45.6 Å². The van der Waals surface area contributed by atoms with Crippen molar-refractivity contribution in [1.82, 2.24) is 5.32 Å². The van der Waals surface area contributed by atoms with Gasteiger partial charge in [-0.25, -0.2) is 0 Å². The van der Waals surface area contributed by atoms with Gasteiger partial charge in [0.15, 0.2) is 0 Å². The zero-order valence-electron chi connectivity index (χ0n) is 11.5. The molecule has 0 aromatic rings. The van der Waals surface area contributed by atoms with Gasteiger partial charge >= 0.3 is 5.97 Å². The molecule has 0 bridgehead atoms. The first-order valence-corrected chi connectivity index (χ1v) is 6.96. The highest BCUT2D eigenvalue weighted by Gasteiger charge is 2.23. The van der Waals surface area contributed by atoms with E-state index >= 15 is 0 Å². The Hall–Kier alpha value is -0.570. The fourth-order valence-electron chi connectivity index (χ4n) is 2.58. The number of esters is 1. The molecule has 1 aliphatic carbocycles.